The van der Waals surface area contributed by atoms with Crippen molar-refractivity contribution in [3.05, 3.63) is 5.56 Å². The largest absolute Gasteiger partial charge is 0.382 e. The second kappa shape index (κ2) is 5.56. The van der Waals surface area contributed by atoms with E-state index < -0.39 is 0 Å². The van der Waals surface area contributed by atoms with Crippen LogP contribution in [0.3, 0.4) is 0 Å². The molecule has 6 heteroatoms. The second-order valence-corrected chi connectivity index (χ2v) is 5.64. The summed E-state index contributed by atoms with van der Waals surface area (Å²) in [5, 5.41) is 6.85. The van der Waals surface area contributed by atoms with Gasteiger partial charge in [0, 0.05) is 13.1 Å². The van der Waals surface area contributed by atoms with Crippen LogP contribution in [0.5, 0.6) is 0 Å². The van der Waals surface area contributed by atoms with E-state index in [9.17, 15) is 4.79 Å². The van der Waals surface area contributed by atoms with Crippen molar-refractivity contribution in [3.8, 4) is 0 Å². The topological polar surface area (TPSA) is 80.0 Å². The number of nitrogens with zero attached hydrogens (tertiary/aromatic N) is 1. The van der Waals surface area contributed by atoms with Crippen LogP contribution in [-0.4, -0.2) is 23.4 Å². The van der Waals surface area contributed by atoms with Crippen molar-refractivity contribution in [2.24, 2.45) is 5.92 Å². The van der Waals surface area contributed by atoms with Crippen LogP contribution in [0.1, 0.15) is 43.0 Å². The van der Waals surface area contributed by atoms with E-state index in [1.807, 2.05) is 0 Å². The highest BCUT2D eigenvalue weighted by Gasteiger charge is 2.25. The number of nitrogens with one attached hydrogen (secondary N) is 2. The molecule has 18 heavy (non-hydrogen) atoms. The Morgan fingerprint density at radius 1 is 1.44 bits per heavy atom. The Morgan fingerprint density at radius 2 is 2.17 bits per heavy atom. The van der Waals surface area contributed by atoms with Crippen molar-refractivity contribution in [2.45, 2.75) is 38.6 Å². The standard InChI is InChI=1S/C12H20N4OS/c1-7-5-3-4-6-8(7)15-12-9(11(17)14-2)10(13)16-18-12/h7-8,15H,3-6H2,1-2H3,(H2,13,16)(H,14,17). The lowest BCUT2D eigenvalue weighted by Crippen LogP contribution is -2.31. The van der Waals surface area contributed by atoms with Gasteiger partial charge in [-0.15, -0.1) is 0 Å². The van der Waals surface area contributed by atoms with Crippen LogP contribution in [0.15, 0.2) is 0 Å². The molecular formula is C12H20N4OS. The minimum absolute atomic E-state index is 0.174. The Kier molecular flexibility index (Phi) is 4.06. The van der Waals surface area contributed by atoms with Crippen molar-refractivity contribution in [3.63, 3.8) is 0 Å². The number of hydrogen-bond donors (Lipinski definition) is 3. The minimum atomic E-state index is -0.174. The van der Waals surface area contributed by atoms with Gasteiger partial charge in [-0.25, -0.2) is 0 Å². The van der Waals surface area contributed by atoms with Gasteiger partial charge in [-0.05, 0) is 30.3 Å². The van der Waals surface area contributed by atoms with Gasteiger partial charge in [-0.1, -0.05) is 19.8 Å². The molecule has 1 aromatic heterocycles. The van der Waals surface area contributed by atoms with Gasteiger partial charge in [-0.2, -0.15) is 4.37 Å². The number of nitrogen functional groups attached to an aromatic ring is 1. The fourth-order valence-corrected chi connectivity index (χ4v) is 3.22. The summed E-state index contributed by atoms with van der Waals surface area (Å²) in [5.41, 5.74) is 6.24. The zero-order chi connectivity index (χ0) is 13.1. The summed E-state index contributed by atoms with van der Waals surface area (Å²) in [6, 6.07) is 0.419. The maximum atomic E-state index is 11.8. The minimum Gasteiger partial charge on any atom is -0.382 e. The molecule has 4 N–H and O–H groups in total. The number of anilines is 2. The first kappa shape index (κ1) is 13.1. The van der Waals surface area contributed by atoms with Crippen LogP contribution in [-0.2, 0) is 0 Å². The monoisotopic (exact) mass is 268 g/mol. The molecule has 1 aliphatic rings. The van der Waals surface area contributed by atoms with Gasteiger partial charge < -0.3 is 16.4 Å². The maximum Gasteiger partial charge on any atom is 0.257 e. The van der Waals surface area contributed by atoms with Gasteiger partial charge >= 0.3 is 0 Å². The summed E-state index contributed by atoms with van der Waals surface area (Å²) >= 11 is 1.27. The van der Waals surface area contributed by atoms with E-state index in [4.69, 9.17) is 5.73 Å². The Labute approximate surface area is 111 Å². The molecular weight excluding hydrogens is 248 g/mol. The molecule has 2 atom stereocenters. The molecule has 1 aliphatic carbocycles. The highest BCUT2D eigenvalue weighted by atomic mass is 32.1. The summed E-state index contributed by atoms with van der Waals surface area (Å²) in [7, 11) is 1.60. The Morgan fingerprint density at radius 3 is 2.83 bits per heavy atom. The summed E-state index contributed by atoms with van der Waals surface area (Å²) < 4.78 is 4.07. The molecule has 2 unspecified atom stereocenters. The third-order valence-corrected chi connectivity index (χ3v) is 4.39. The lowest BCUT2D eigenvalue weighted by molar-refractivity contribution is 0.0965. The number of hydrogen-bond acceptors (Lipinski definition) is 5. The smallest absolute Gasteiger partial charge is 0.257 e. The molecule has 0 spiro atoms. The Bertz CT molecular complexity index is 432. The summed E-state index contributed by atoms with van der Waals surface area (Å²) in [6.45, 7) is 2.25. The zero-order valence-corrected chi connectivity index (χ0v) is 11.6. The van der Waals surface area contributed by atoms with E-state index in [0.717, 1.165) is 11.4 Å². The molecule has 100 valence electrons. The fourth-order valence-electron chi connectivity index (χ4n) is 2.44. The highest BCUT2D eigenvalue weighted by molar-refractivity contribution is 7.11. The SMILES string of the molecule is CNC(=O)c1c(N)nsc1NC1CCCCC1C. The predicted octanol–water partition coefficient (Wildman–Crippen LogP) is 2.08. The molecule has 1 fully saturated rings. The molecule has 2 rings (SSSR count). The first-order chi connectivity index (χ1) is 8.63. The lowest BCUT2D eigenvalue weighted by Gasteiger charge is -2.29. The van der Waals surface area contributed by atoms with E-state index >= 15 is 0 Å². The number of aromatic nitrogens is 1. The van der Waals surface area contributed by atoms with Crippen LogP contribution in [0.4, 0.5) is 10.8 Å². The van der Waals surface area contributed by atoms with Gasteiger partial charge in [0.15, 0.2) is 5.82 Å². The molecule has 0 bridgehead atoms. The van der Waals surface area contributed by atoms with Gasteiger partial charge in [0.1, 0.15) is 10.6 Å². The predicted molar refractivity (Wildman–Crippen MR) is 75.0 cm³/mol. The fraction of sp³-hybridized carbons (Fsp3) is 0.667. The third kappa shape index (κ3) is 2.58. The van der Waals surface area contributed by atoms with Crippen LogP contribution < -0.4 is 16.4 Å². The molecule has 0 radical (unpaired) electrons. The lowest BCUT2D eigenvalue weighted by atomic mass is 9.86. The van der Waals surface area contributed by atoms with Crippen LogP contribution in [0.25, 0.3) is 0 Å². The van der Waals surface area contributed by atoms with E-state index in [0.29, 0.717) is 23.3 Å². The third-order valence-electron chi connectivity index (χ3n) is 3.60. The maximum absolute atomic E-state index is 11.8. The highest BCUT2D eigenvalue weighted by Crippen LogP contribution is 2.32. The molecule has 1 amide bonds. The number of carbonyl (C=O) groups is 1. The summed E-state index contributed by atoms with van der Waals surface area (Å²) in [6.07, 6.45) is 4.92. The van der Waals surface area contributed by atoms with Crippen LogP contribution >= 0.6 is 11.5 Å². The van der Waals surface area contributed by atoms with Crippen molar-refractivity contribution < 1.29 is 4.79 Å². The van der Waals surface area contributed by atoms with Crippen LogP contribution in [0, 0.1) is 5.92 Å². The van der Waals surface area contributed by atoms with E-state index in [-0.39, 0.29) is 5.91 Å². The Balaban J connectivity index is 2.16. The van der Waals surface area contributed by atoms with Crippen molar-refractivity contribution in [1.82, 2.24) is 9.69 Å². The zero-order valence-electron chi connectivity index (χ0n) is 10.8. The van der Waals surface area contributed by atoms with Gasteiger partial charge in [0.25, 0.3) is 5.91 Å². The normalized spacial score (nSPS) is 23.7. The molecule has 1 aromatic rings. The molecule has 1 saturated carbocycles. The number of carbonyl (C=O) groups excluding carboxylic acids is 1. The average Bonchev–Trinajstić information content (AvgIpc) is 2.72. The molecule has 0 aromatic carbocycles. The molecule has 0 aliphatic heterocycles. The van der Waals surface area contributed by atoms with E-state index in [1.165, 1.54) is 30.8 Å². The number of rotatable bonds is 3. The Hall–Kier alpha value is -1.30. The first-order valence-corrected chi connectivity index (χ1v) is 7.14. The average molecular weight is 268 g/mol. The van der Waals surface area contributed by atoms with Gasteiger partial charge in [0.2, 0.25) is 0 Å². The molecule has 1 heterocycles. The van der Waals surface area contributed by atoms with Crippen molar-refractivity contribution >= 4 is 28.3 Å². The quantitative estimate of drug-likeness (QED) is 0.784. The summed E-state index contributed by atoms with van der Waals surface area (Å²) in [4.78, 5) is 11.8. The first-order valence-electron chi connectivity index (χ1n) is 6.37. The van der Waals surface area contributed by atoms with E-state index in [1.54, 1.807) is 7.05 Å². The van der Waals surface area contributed by atoms with Crippen molar-refractivity contribution in [2.75, 3.05) is 18.1 Å². The van der Waals surface area contributed by atoms with E-state index in [2.05, 4.69) is 21.9 Å². The van der Waals surface area contributed by atoms with Crippen LogP contribution in [0.2, 0.25) is 0 Å². The van der Waals surface area contributed by atoms with Gasteiger partial charge in [-0.3, -0.25) is 4.79 Å². The second-order valence-electron chi connectivity index (χ2n) is 4.86. The summed E-state index contributed by atoms with van der Waals surface area (Å²) in [5.74, 6) is 0.761. The molecule has 0 saturated heterocycles. The molecule has 5 nitrogen and oxygen atoms in total. The van der Waals surface area contributed by atoms with Gasteiger partial charge in [0.05, 0.1) is 0 Å². The number of amides is 1. The van der Waals surface area contributed by atoms with Crippen molar-refractivity contribution in [1.29, 1.82) is 0 Å². The number of nitrogens with two attached hydrogens (primary N) is 1.